The van der Waals surface area contributed by atoms with E-state index < -0.39 is 53.2 Å². The Kier molecular flexibility index (Phi) is 16.5. The molecule has 72 heavy (non-hydrogen) atoms. The van der Waals surface area contributed by atoms with Crippen LogP contribution in [0, 0.1) is 30.0 Å². The summed E-state index contributed by atoms with van der Waals surface area (Å²) in [5, 5.41) is 32.0. The number of likely N-dealkylation sites (tertiary alicyclic amines) is 1. The molecule has 16 nitrogen and oxygen atoms in total. The molecule has 0 unspecified atom stereocenters. The van der Waals surface area contributed by atoms with Gasteiger partial charge in [0.15, 0.2) is 5.13 Å². The second-order valence-corrected chi connectivity index (χ2v) is 21.2. The van der Waals surface area contributed by atoms with Gasteiger partial charge < -0.3 is 35.5 Å². The number of phenolic OH excluding ortho intramolecular Hbond substituents is 1. The number of carbonyl (C=O) groups excluding carboxylic acids is 5. The Labute approximate surface area is 426 Å². The highest BCUT2D eigenvalue weighted by atomic mass is 32.1. The molecule has 2 aromatic heterocycles. The van der Waals surface area contributed by atoms with Crippen molar-refractivity contribution in [2.45, 2.75) is 84.2 Å². The third-order valence-corrected chi connectivity index (χ3v) is 14.9. The number of benzene rings is 3. The minimum atomic E-state index is -1.35. The van der Waals surface area contributed by atoms with Crippen LogP contribution in [0.15, 0.2) is 77.8 Å². The van der Waals surface area contributed by atoms with Gasteiger partial charge in [-0.25, -0.2) is 14.4 Å². The van der Waals surface area contributed by atoms with E-state index in [1.54, 1.807) is 34.9 Å². The van der Waals surface area contributed by atoms with Gasteiger partial charge in [0, 0.05) is 81.4 Å². The molecule has 5 amide bonds. The number of anilines is 1. The first-order valence-electron chi connectivity index (χ1n) is 24.1. The van der Waals surface area contributed by atoms with Crippen molar-refractivity contribution in [3.63, 3.8) is 0 Å². The molecule has 3 aliphatic heterocycles. The van der Waals surface area contributed by atoms with Crippen molar-refractivity contribution in [1.29, 1.82) is 0 Å². The van der Waals surface area contributed by atoms with Crippen LogP contribution in [-0.4, -0.2) is 140 Å². The second kappa shape index (κ2) is 22.9. The summed E-state index contributed by atoms with van der Waals surface area (Å²) in [5.41, 5.74) is 5.77. The summed E-state index contributed by atoms with van der Waals surface area (Å²) in [7, 11) is 0. The lowest BCUT2D eigenvalue weighted by Crippen LogP contribution is -2.59. The molecule has 0 radical (unpaired) electrons. The summed E-state index contributed by atoms with van der Waals surface area (Å²) in [4.78, 5) is 85.6. The minimum absolute atomic E-state index is 0.000959. The summed E-state index contributed by atoms with van der Waals surface area (Å²) < 4.78 is 14.5. The zero-order chi connectivity index (χ0) is 51.1. The van der Waals surface area contributed by atoms with Gasteiger partial charge >= 0.3 is 0 Å². The zero-order valence-electron chi connectivity index (χ0n) is 40.8. The molecule has 2 saturated heterocycles. The highest BCUT2D eigenvalue weighted by Gasteiger charge is 2.45. The number of nitrogens with one attached hydrogen (secondary N) is 3. The number of aryl methyl sites for hydroxylation is 1. The fourth-order valence-corrected chi connectivity index (χ4v) is 10.8. The van der Waals surface area contributed by atoms with Crippen molar-refractivity contribution in [1.82, 2.24) is 40.2 Å². The van der Waals surface area contributed by atoms with Crippen LogP contribution in [0.2, 0.25) is 0 Å². The van der Waals surface area contributed by atoms with Gasteiger partial charge in [0.25, 0.3) is 11.8 Å². The number of rotatable bonds is 16. The highest BCUT2D eigenvalue weighted by Crippen LogP contribution is 2.38. The Balaban J connectivity index is 0.791. The number of halogens is 1. The number of amides is 5. The topological polar surface area (TPSA) is 201 Å². The Morgan fingerprint density at radius 2 is 1.75 bits per heavy atom. The maximum Gasteiger partial charge on any atom is 0.256 e. The van der Waals surface area contributed by atoms with Gasteiger partial charge in [-0.3, -0.25) is 34.2 Å². The summed E-state index contributed by atoms with van der Waals surface area (Å²) in [6.45, 7) is 11.7. The number of hydrogen-bond acceptors (Lipinski definition) is 13. The van der Waals surface area contributed by atoms with Crippen molar-refractivity contribution >= 4 is 57.3 Å². The average Bonchev–Trinajstić information content (AvgIpc) is 4.18. The van der Waals surface area contributed by atoms with E-state index in [-0.39, 0.29) is 49.2 Å². The van der Waals surface area contributed by atoms with Gasteiger partial charge in [-0.05, 0) is 72.7 Å². The predicted octanol–water partition coefficient (Wildman–Crippen LogP) is 5.36. The van der Waals surface area contributed by atoms with E-state index in [1.807, 2.05) is 57.5 Å². The third-order valence-electron chi connectivity index (χ3n) is 13.3. The predicted molar refractivity (Wildman–Crippen MR) is 273 cm³/mol. The van der Waals surface area contributed by atoms with E-state index >= 15 is 0 Å². The summed E-state index contributed by atoms with van der Waals surface area (Å²) in [6.07, 6.45) is 2.69. The normalized spacial score (nSPS) is 18.0. The van der Waals surface area contributed by atoms with Crippen LogP contribution in [0.4, 0.5) is 9.52 Å². The lowest BCUT2D eigenvalue weighted by Gasteiger charge is -2.37. The number of aliphatic hydroxyl groups excluding tert-OH is 1. The Morgan fingerprint density at radius 1 is 0.986 bits per heavy atom. The van der Waals surface area contributed by atoms with Gasteiger partial charge in [0.05, 0.1) is 34.3 Å². The van der Waals surface area contributed by atoms with E-state index in [0.717, 1.165) is 66.0 Å². The molecule has 378 valence electrons. The van der Waals surface area contributed by atoms with E-state index in [2.05, 4.69) is 47.6 Å². The van der Waals surface area contributed by atoms with Crippen LogP contribution in [0.5, 0.6) is 5.75 Å². The lowest BCUT2D eigenvalue weighted by molar-refractivity contribution is -0.144. The molecular weight excluding hydrogens is 958 g/mol. The van der Waals surface area contributed by atoms with Crippen LogP contribution in [0.25, 0.3) is 10.4 Å². The number of nitrogens with zero attached hydrogens (tertiary/aromatic N) is 6. The fraction of sp³-hybridized carbons (Fsp3) is 0.415. The number of hydrogen-bond donors (Lipinski definition) is 5. The molecule has 5 heterocycles. The number of piperazine rings is 1. The van der Waals surface area contributed by atoms with Crippen LogP contribution >= 0.6 is 22.7 Å². The molecule has 8 rings (SSSR count). The van der Waals surface area contributed by atoms with Crippen LogP contribution in [0.1, 0.15) is 84.4 Å². The smallest absolute Gasteiger partial charge is 0.256 e. The maximum absolute atomic E-state index is 14.5. The molecule has 3 aromatic carbocycles. The minimum Gasteiger partial charge on any atom is -0.508 e. The highest BCUT2D eigenvalue weighted by molar-refractivity contribution is 7.14. The molecule has 5 N–H and O–H groups in total. The van der Waals surface area contributed by atoms with Crippen molar-refractivity contribution < 1.29 is 38.6 Å². The van der Waals surface area contributed by atoms with Gasteiger partial charge in [-0.15, -0.1) is 22.7 Å². The largest absolute Gasteiger partial charge is 0.508 e. The van der Waals surface area contributed by atoms with Crippen LogP contribution in [0.3, 0.4) is 0 Å². The summed E-state index contributed by atoms with van der Waals surface area (Å²) >= 11 is 2.78. The number of aliphatic hydroxyl groups is 1. The first-order valence-corrected chi connectivity index (χ1v) is 25.9. The molecule has 0 spiro atoms. The first-order chi connectivity index (χ1) is 34.5. The van der Waals surface area contributed by atoms with Gasteiger partial charge in [-0.1, -0.05) is 69.0 Å². The number of aromatic nitrogens is 2. The molecule has 19 heteroatoms. The molecule has 0 bridgehead atoms. The molecule has 5 aromatic rings. The first kappa shape index (κ1) is 51.8. The number of phenols is 1. The standard InChI is InChI=1S/C53H60FN9O7S2/c1-33-46(72-32-57-33)36-14-12-34(13-15-36)18-19-55-48(67)41-28-39(64)30-62(41)51(70)47(53(2,3)4)58-43(66)31-61-24-22-60(23-25-61)21-7-5-6-9-35-10-8-11-37-29-63(50(69)44(35)37)45(40-27-38(54)16-17-42(40)65)49(68)59-52-56-20-26-71-52/h8,10-17,20,26-27,32,39,41,45,47,64-65H,5,7,18-19,21-25,28-31H2,1-4H3,(H,55,67)(H,58,66)(H,56,59,68)/t39-,41-,45-,47+/m0/s1. The molecule has 4 atom stereocenters. The Morgan fingerprint density at radius 3 is 2.46 bits per heavy atom. The van der Waals surface area contributed by atoms with Crippen molar-refractivity contribution in [2.75, 3.05) is 57.7 Å². The van der Waals surface area contributed by atoms with E-state index in [0.29, 0.717) is 54.3 Å². The lowest BCUT2D eigenvalue weighted by atomic mass is 9.85. The van der Waals surface area contributed by atoms with Gasteiger partial charge in [0.1, 0.15) is 29.7 Å². The zero-order valence-corrected chi connectivity index (χ0v) is 42.5. The van der Waals surface area contributed by atoms with Gasteiger partial charge in [0.2, 0.25) is 17.7 Å². The van der Waals surface area contributed by atoms with Crippen molar-refractivity contribution in [3.8, 4) is 28.0 Å². The second-order valence-electron chi connectivity index (χ2n) is 19.5. The maximum atomic E-state index is 14.5. The average molecular weight is 1020 g/mol. The molecule has 2 fully saturated rings. The summed E-state index contributed by atoms with van der Waals surface area (Å²) in [5.74, 6) is 3.25. The Bertz CT molecular complexity index is 2830. The van der Waals surface area contributed by atoms with Gasteiger partial charge in [-0.2, -0.15) is 0 Å². The van der Waals surface area contributed by atoms with E-state index in [9.17, 15) is 38.6 Å². The van der Waals surface area contributed by atoms with Crippen molar-refractivity contribution in [2.24, 2.45) is 5.41 Å². The van der Waals surface area contributed by atoms with Crippen LogP contribution < -0.4 is 16.0 Å². The number of aromatic hydroxyl groups is 1. The number of thiazole rings is 2. The number of carbonyl (C=O) groups is 5. The fourth-order valence-electron chi connectivity index (χ4n) is 9.45. The van der Waals surface area contributed by atoms with E-state index in [4.69, 9.17) is 0 Å². The molecule has 0 aliphatic carbocycles. The monoisotopic (exact) mass is 1020 g/mol. The third kappa shape index (κ3) is 12.4. The number of unbranched alkanes of at least 4 members (excludes halogenated alkanes) is 1. The molecular formula is C53H60FN9O7S2. The summed E-state index contributed by atoms with van der Waals surface area (Å²) in [6, 6.07) is 13.7. The quantitative estimate of drug-likeness (QED) is 0.0630. The SMILES string of the molecule is Cc1ncsc1-c1ccc(CCNC(=O)[C@@H]2C[C@H](O)CN2C(=O)[C@@H](NC(=O)CN2CCN(CCCC#Cc3cccc4c3C(=O)N([C@H](C(=O)Nc3nccs3)c3cc(F)ccc3O)C4)CC2)C(C)(C)C)cc1. The molecule has 0 saturated carbocycles. The Hall–Kier alpha value is -6.56. The molecule has 3 aliphatic rings. The number of β-amino-alcohol motifs (C(OH)–C–C–N with tert-alkyl or cyclic N) is 1. The number of fused-ring (bicyclic) bond motifs is 1. The van der Waals surface area contributed by atoms with E-state index in [1.165, 1.54) is 27.3 Å². The van der Waals surface area contributed by atoms with Crippen molar-refractivity contribution in [3.05, 3.63) is 117 Å². The van der Waals surface area contributed by atoms with Crippen LogP contribution in [-0.2, 0) is 32.1 Å².